The minimum absolute atomic E-state index is 0.0654. The third kappa shape index (κ3) is 2.01. The molecular weight excluding hydrogens is 238 g/mol. The second kappa shape index (κ2) is 5.06. The molecule has 0 aromatic carbocycles. The molecule has 1 heterocycles. The summed E-state index contributed by atoms with van der Waals surface area (Å²) >= 11 is 0. The SMILES string of the molecule is CCn1c(C2CCCC2)c(N)c(=O)n1C1CCCC1. The van der Waals surface area contributed by atoms with Crippen molar-refractivity contribution in [1.29, 1.82) is 0 Å². The Morgan fingerprint density at radius 3 is 2.26 bits per heavy atom. The first kappa shape index (κ1) is 12.8. The summed E-state index contributed by atoms with van der Waals surface area (Å²) in [6.07, 6.45) is 9.68. The molecule has 0 spiro atoms. The van der Waals surface area contributed by atoms with Crippen LogP contribution in [0.25, 0.3) is 0 Å². The number of rotatable bonds is 3. The largest absolute Gasteiger partial charge is 0.393 e. The van der Waals surface area contributed by atoms with E-state index in [4.69, 9.17) is 5.73 Å². The molecule has 0 amide bonds. The van der Waals surface area contributed by atoms with Crippen LogP contribution in [0.3, 0.4) is 0 Å². The first-order chi connectivity index (χ1) is 9.24. The molecule has 0 unspecified atom stereocenters. The van der Waals surface area contributed by atoms with Crippen LogP contribution in [0.15, 0.2) is 4.79 Å². The highest BCUT2D eigenvalue weighted by atomic mass is 16.1. The number of nitrogens with two attached hydrogens (primary N) is 1. The summed E-state index contributed by atoms with van der Waals surface area (Å²) in [6, 6.07) is 0.380. The average molecular weight is 263 g/mol. The van der Waals surface area contributed by atoms with E-state index in [2.05, 4.69) is 11.6 Å². The van der Waals surface area contributed by atoms with E-state index in [1.165, 1.54) is 38.5 Å². The third-order valence-electron chi connectivity index (χ3n) is 4.96. The van der Waals surface area contributed by atoms with Crippen molar-refractivity contribution >= 4 is 5.69 Å². The third-order valence-corrected chi connectivity index (χ3v) is 4.96. The molecule has 0 aliphatic heterocycles. The first-order valence-corrected chi connectivity index (χ1v) is 7.84. The number of nitrogens with zero attached hydrogens (tertiary/aromatic N) is 2. The summed E-state index contributed by atoms with van der Waals surface area (Å²) in [5, 5.41) is 0. The molecule has 2 aliphatic carbocycles. The van der Waals surface area contributed by atoms with Crippen LogP contribution >= 0.6 is 0 Å². The lowest BCUT2D eigenvalue weighted by Crippen LogP contribution is -2.27. The van der Waals surface area contributed by atoms with Gasteiger partial charge in [-0.2, -0.15) is 0 Å². The summed E-state index contributed by atoms with van der Waals surface area (Å²) in [5.41, 5.74) is 7.90. The maximum absolute atomic E-state index is 12.5. The van der Waals surface area contributed by atoms with Gasteiger partial charge in [0, 0.05) is 12.5 Å². The van der Waals surface area contributed by atoms with Crippen molar-refractivity contribution < 1.29 is 0 Å². The van der Waals surface area contributed by atoms with Crippen LogP contribution in [0.2, 0.25) is 0 Å². The van der Waals surface area contributed by atoms with E-state index in [1.807, 2.05) is 4.68 Å². The number of nitrogen functional groups attached to an aromatic ring is 1. The monoisotopic (exact) mass is 263 g/mol. The van der Waals surface area contributed by atoms with E-state index < -0.39 is 0 Å². The predicted octanol–water partition coefficient (Wildman–Crippen LogP) is 3.02. The van der Waals surface area contributed by atoms with Crippen LogP contribution in [0.4, 0.5) is 5.69 Å². The molecule has 1 aromatic heterocycles. The van der Waals surface area contributed by atoms with Gasteiger partial charge in [-0.15, -0.1) is 0 Å². The number of hydrogen-bond acceptors (Lipinski definition) is 2. The average Bonchev–Trinajstić information content (AvgIpc) is 3.11. The van der Waals surface area contributed by atoms with Gasteiger partial charge in [0.1, 0.15) is 5.69 Å². The van der Waals surface area contributed by atoms with E-state index >= 15 is 0 Å². The van der Waals surface area contributed by atoms with Crippen LogP contribution in [-0.4, -0.2) is 9.36 Å². The molecule has 0 atom stereocenters. The molecule has 106 valence electrons. The summed E-state index contributed by atoms with van der Waals surface area (Å²) in [5.74, 6) is 0.510. The summed E-state index contributed by atoms with van der Waals surface area (Å²) < 4.78 is 4.18. The number of aromatic nitrogens is 2. The highest BCUT2D eigenvalue weighted by Gasteiger charge is 2.30. The normalized spacial score (nSPS) is 21.5. The van der Waals surface area contributed by atoms with Crippen molar-refractivity contribution in [2.75, 3.05) is 5.73 Å². The zero-order chi connectivity index (χ0) is 13.4. The van der Waals surface area contributed by atoms with E-state index in [0.717, 1.165) is 25.1 Å². The maximum atomic E-state index is 12.5. The van der Waals surface area contributed by atoms with Crippen molar-refractivity contribution in [3.63, 3.8) is 0 Å². The first-order valence-electron chi connectivity index (χ1n) is 7.84. The minimum Gasteiger partial charge on any atom is -0.393 e. The molecule has 19 heavy (non-hydrogen) atoms. The Kier molecular flexibility index (Phi) is 3.42. The molecule has 2 aliphatic rings. The Balaban J connectivity index is 2.08. The van der Waals surface area contributed by atoms with E-state index in [0.29, 0.717) is 17.6 Å². The lowest BCUT2D eigenvalue weighted by molar-refractivity contribution is 0.359. The zero-order valence-corrected chi connectivity index (χ0v) is 11.9. The molecule has 0 saturated heterocycles. The highest BCUT2D eigenvalue weighted by Crippen LogP contribution is 2.38. The number of anilines is 1. The molecule has 1 aromatic rings. The maximum Gasteiger partial charge on any atom is 0.290 e. The van der Waals surface area contributed by atoms with Gasteiger partial charge in [0.05, 0.1) is 11.7 Å². The van der Waals surface area contributed by atoms with E-state index in [9.17, 15) is 4.79 Å². The van der Waals surface area contributed by atoms with Crippen LogP contribution in [-0.2, 0) is 6.54 Å². The van der Waals surface area contributed by atoms with Gasteiger partial charge in [-0.25, -0.2) is 4.68 Å². The molecule has 4 heteroatoms. The molecule has 2 N–H and O–H groups in total. The standard InChI is InChI=1S/C15H25N3O/c1-2-17-14(11-7-3-4-8-11)13(16)15(19)18(17)12-9-5-6-10-12/h11-12H,2-10,16H2,1H3. The Morgan fingerprint density at radius 1 is 1.11 bits per heavy atom. The lowest BCUT2D eigenvalue weighted by Gasteiger charge is -2.20. The minimum atomic E-state index is 0.0654. The van der Waals surface area contributed by atoms with Crippen LogP contribution in [0, 0.1) is 0 Å². The molecule has 0 radical (unpaired) electrons. The van der Waals surface area contributed by atoms with Crippen molar-refractivity contribution in [1.82, 2.24) is 9.36 Å². The van der Waals surface area contributed by atoms with Crippen molar-refractivity contribution in [3.05, 3.63) is 16.0 Å². The summed E-state index contributed by atoms with van der Waals surface area (Å²) in [7, 11) is 0. The highest BCUT2D eigenvalue weighted by molar-refractivity contribution is 5.44. The second-order valence-corrected chi connectivity index (χ2v) is 6.08. The van der Waals surface area contributed by atoms with Crippen LogP contribution in [0.1, 0.15) is 75.9 Å². The zero-order valence-electron chi connectivity index (χ0n) is 11.9. The van der Waals surface area contributed by atoms with Crippen LogP contribution < -0.4 is 11.3 Å². The Bertz CT molecular complexity index is 502. The van der Waals surface area contributed by atoms with Gasteiger partial charge in [0.15, 0.2) is 0 Å². The van der Waals surface area contributed by atoms with Gasteiger partial charge >= 0.3 is 0 Å². The van der Waals surface area contributed by atoms with Crippen LogP contribution in [0.5, 0.6) is 0 Å². The topological polar surface area (TPSA) is 52.9 Å². The quantitative estimate of drug-likeness (QED) is 0.911. The Morgan fingerprint density at radius 2 is 1.68 bits per heavy atom. The van der Waals surface area contributed by atoms with E-state index in [-0.39, 0.29) is 5.56 Å². The molecule has 2 fully saturated rings. The molecule has 3 rings (SSSR count). The Labute approximate surface area is 114 Å². The molecule has 2 saturated carbocycles. The van der Waals surface area contributed by atoms with Gasteiger partial charge in [-0.1, -0.05) is 25.7 Å². The van der Waals surface area contributed by atoms with Gasteiger partial charge in [0.2, 0.25) is 0 Å². The van der Waals surface area contributed by atoms with Crippen molar-refractivity contribution in [2.24, 2.45) is 0 Å². The van der Waals surface area contributed by atoms with Gasteiger partial charge < -0.3 is 5.73 Å². The van der Waals surface area contributed by atoms with Gasteiger partial charge in [-0.3, -0.25) is 9.48 Å². The fourth-order valence-electron chi connectivity index (χ4n) is 4.06. The molecule has 4 nitrogen and oxygen atoms in total. The van der Waals surface area contributed by atoms with E-state index in [1.54, 1.807) is 0 Å². The van der Waals surface area contributed by atoms with Crippen molar-refractivity contribution in [3.8, 4) is 0 Å². The second-order valence-electron chi connectivity index (χ2n) is 6.08. The predicted molar refractivity (Wildman–Crippen MR) is 77.5 cm³/mol. The van der Waals surface area contributed by atoms with Gasteiger partial charge in [-0.05, 0) is 32.6 Å². The Hall–Kier alpha value is -1.19. The van der Waals surface area contributed by atoms with Crippen molar-refractivity contribution in [2.45, 2.75) is 76.8 Å². The summed E-state index contributed by atoms with van der Waals surface area (Å²) in [6.45, 7) is 2.98. The number of hydrogen-bond donors (Lipinski definition) is 1. The molecule has 0 bridgehead atoms. The molecular formula is C15H25N3O. The van der Waals surface area contributed by atoms with Gasteiger partial charge in [0.25, 0.3) is 5.56 Å². The summed E-state index contributed by atoms with van der Waals surface area (Å²) in [4.78, 5) is 12.5. The fraction of sp³-hybridized carbons (Fsp3) is 0.800. The smallest absolute Gasteiger partial charge is 0.290 e. The lowest BCUT2D eigenvalue weighted by atomic mass is 10.0. The fourth-order valence-corrected chi connectivity index (χ4v) is 4.06.